The third-order valence-corrected chi connectivity index (χ3v) is 6.41. The number of carbonyl (C=O) groups is 1. The van der Waals surface area contributed by atoms with E-state index in [0.29, 0.717) is 17.5 Å². The highest BCUT2D eigenvalue weighted by atomic mass is 32.2. The van der Waals surface area contributed by atoms with Crippen LogP contribution in [0.4, 0.5) is 4.39 Å². The molecule has 0 bridgehead atoms. The Morgan fingerprint density at radius 3 is 2.70 bits per heavy atom. The summed E-state index contributed by atoms with van der Waals surface area (Å²) in [5.74, 6) is 0.414. The fraction of sp³-hybridized carbons (Fsp3) is 0.450. The van der Waals surface area contributed by atoms with Gasteiger partial charge in [-0.05, 0) is 50.3 Å². The molecule has 2 aromatic rings. The van der Waals surface area contributed by atoms with Gasteiger partial charge in [0, 0.05) is 30.1 Å². The molecule has 1 saturated heterocycles. The first-order valence-corrected chi connectivity index (χ1v) is 10.4. The summed E-state index contributed by atoms with van der Waals surface area (Å²) >= 11 is 1.44. The zero-order valence-corrected chi connectivity index (χ0v) is 16.1. The van der Waals surface area contributed by atoms with E-state index in [-0.39, 0.29) is 23.3 Å². The lowest BCUT2D eigenvalue weighted by molar-refractivity contribution is -0.130. The van der Waals surface area contributed by atoms with Crippen LogP contribution in [-0.2, 0) is 23.4 Å². The Balaban J connectivity index is 1.70. The molecule has 1 atom stereocenters. The van der Waals surface area contributed by atoms with Gasteiger partial charge in [0.1, 0.15) is 11.9 Å². The number of aromatic nitrogens is 2. The first-order chi connectivity index (χ1) is 13.1. The number of carbonyl (C=O) groups excluding carboxylic acids is 1. The van der Waals surface area contributed by atoms with E-state index in [1.807, 2.05) is 16.4 Å². The minimum absolute atomic E-state index is 0.112. The smallest absolute Gasteiger partial charge is 0.277 e. The Hall–Kier alpha value is -2.15. The summed E-state index contributed by atoms with van der Waals surface area (Å²) in [6.45, 7) is 3.42. The van der Waals surface area contributed by atoms with Gasteiger partial charge in [0.05, 0.1) is 0 Å². The van der Waals surface area contributed by atoms with Gasteiger partial charge in [0.2, 0.25) is 5.91 Å². The molecule has 0 spiro atoms. The molecule has 1 unspecified atom stereocenters. The first kappa shape index (κ1) is 18.2. The van der Waals surface area contributed by atoms with Gasteiger partial charge in [0.25, 0.3) is 5.56 Å². The lowest BCUT2D eigenvalue weighted by Gasteiger charge is -2.22. The predicted molar refractivity (Wildman–Crippen MR) is 102 cm³/mol. The molecule has 1 aromatic heterocycles. The van der Waals surface area contributed by atoms with Crippen LogP contribution < -0.4 is 5.56 Å². The largest absolute Gasteiger partial charge is 0.341 e. The predicted octanol–water partition coefficient (Wildman–Crippen LogP) is 2.96. The first-order valence-electron chi connectivity index (χ1n) is 9.38. The van der Waals surface area contributed by atoms with Crippen molar-refractivity contribution >= 4 is 17.7 Å². The summed E-state index contributed by atoms with van der Waals surface area (Å²) in [5.41, 5.74) is 2.53. The Labute approximate surface area is 161 Å². The quantitative estimate of drug-likeness (QED) is 0.585. The lowest BCUT2D eigenvalue weighted by Crippen LogP contribution is -2.31. The molecule has 0 radical (unpaired) electrons. The van der Waals surface area contributed by atoms with Crippen molar-refractivity contribution in [1.29, 1.82) is 0 Å². The van der Waals surface area contributed by atoms with Crippen molar-refractivity contribution in [2.24, 2.45) is 0 Å². The molecule has 1 fully saturated rings. The number of thioether (sulfide) groups is 1. The standard InChI is InChI=1S/C20H22FN3O2S/c1-2-23-11-10-17(19(23)26)24-16-5-3-4-15(16)18(25)22-20(24)27-12-13-6-8-14(21)9-7-13/h6-9,17H,2-5,10-12H2,1H3. The van der Waals surface area contributed by atoms with E-state index in [2.05, 4.69) is 4.98 Å². The maximum atomic E-state index is 13.1. The summed E-state index contributed by atoms with van der Waals surface area (Å²) < 4.78 is 15.2. The number of amides is 1. The summed E-state index contributed by atoms with van der Waals surface area (Å²) in [4.78, 5) is 31.5. The van der Waals surface area contributed by atoms with Crippen molar-refractivity contribution in [1.82, 2.24) is 14.5 Å². The highest BCUT2D eigenvalue weighted by Crippen LogP contribution is 2.33. The monoisotopic (exact) mass is 387 g/mol. The SMILES string of the molecule is CCN1CCC(n2c(SCc3ccc(F)cc3)nc(=O)c3c2CCC3)C1=O. The Bertz CT molecular complexity index is 926. The number of benzene rings is 1. The number of rotatable bonds is 5. The molecule has 2 aliphatic rings. The second kappa shape index (κ2) is 7.46. The van der Waals surface area contributed by atoms with Crippen LogP contribution in [0.2, 0.25) is 0 Å². The average molecular weight is 387 g/mol. The molecule has 142 valence electrons. The van der Waals surface area contributed by atoms with Crippen molar-refractivity contribution in [2.75, 3.05) is 13.1 Å². The van der Waals surface area contributed by atoms with Gasteiger partial charge >= 0.3 is 0 Å². The van der Waals surface area contributed by atoms with Crippen LogP contribution in [0, 0.1) is 5.82 Å². The number of hydrogen-bond donors (Lipinski definition) is 0. The average Bonchev–Trinajstić information content (AvgIpc) is 3.29. The van der Waals surface area contributed by atoms with E-state index >= 15 is 0 Å². The number of nitrogens with zero attached hydrogens (tertiary/aromatic N) is 3. The van der Waals surface area contributed by atoms with Gasteiger partial charge in [0.15, 0.2) is 5.16 Å². The molecule has 27 heavy (non-hydrogen) atoms. The number of likely N-dealkylation sites (tertiary alicyclic amines) is 1. The molecular weight excluding hydrogens is 365 g/mol. The molecule has 7 heteroatoms. The van der Waals surface area contributed by atoms with E-state index in [1.54, 1.807) is 12.1 Å². The Kier molecular flexibility index (Phi) is 5.04. The van der Waals surface area contributed by atoms with Crippen molar-refractivity contribution in [3.63, 3.8) is 0 Å². The van der Waals surface area contributed by atoms with Gasteiger partial charge in [-0.3, -0.25) is 9.59 Å². The van der Waals surface area contributed by atoms with Crippen LogP contribution >= 0.6 is 11.8 Å². The van der Waals surface area contributed by atoms with E-state index in [4.69, 9.17) is 0 Å². The highest BCUT2D eigenvalue weighted by Gasteiger charge is 2.36. The van der Waals surface area contributed by atoms with Gasteiger partial charge < -0.3 is 9.47 Å². The van der Waals surface area contributed by atoms with Crippen molar-refractivity contribution < 1.29 is 9.18 Å². The van der Waals surface area contributed by atoms with Crippen molar-refractivity contribution in [2.45, 2.75) is 49.6 Å². The third kappa shape index (κ3) is 3.40. The molecule has 0 N–H and O–H groups in total. The van der Waals surface area contributed by atoms with Crippen molar-refractivity contribution in [3.05, 3.63) is 57.3 Å². The van der Waals surface area contributed by atoms with Gasteiger partial charge in [-0.15, -0.1) is 0 Å². The summed E-state index contributed by atoms with van der Waals surface area (Å²) in [5, 5.41) is 0.598. The number of fused-ring (bicyclic) bond motifs is 1. The Morgan fingerprint density at radius 2 is 2.00 bits per heavy atom. The van der Waals surface area contributed by atoms with Crippen LogP contribution in [0.5, 0.6) is 0 Å². The number of hydrogen-bond acceptors (Lipinski definition) is 4. The van der Waals surface area contributed by atoms with Gasteiger partial charge in [-0.2, -0.15) is 4.98 Å². The lowest BCUT2D eigenvalue weighted by atomic mass is 10.2. The van der Waals surface area contributed by atoms with Crippen LogP contribution in [0.15, 0.2) is 34.2 Å². The van der Waals surface area contributed by atoms with Crippen LogP contribution in [-0.4, -0.2) is 33.4 Å². The van der Waals surface area contributed by atoms with E-state index in [9.17, 15) is 14.0 Å². The van der Waals surface area contributed by atoms with Crippen LogP contribution in [0.3, 0.4) is 0 Å². The maximum absolute atomic E-state index is 13.1. The number of halogens is 1. The van der Waals surface area contributed by atoms with Gasteiger partial charge in [-0.25, -0.2) is 4.39 Å². The Morgan fingerprint density at radius 1 is 1.22 bits per heavy atom. The molecule has 1 aromatic carbocycles. The summed E-state index contributed by atoms with van der Waals surface area (Å²) in [6, 6.07) is 6.05. The molecule has 0 saturated carbocycles. The third-order valence-electron chi connectivity index (χ3n) is 5.38. The van der Waals surface area contributed by atoms with Crippen LogP contribution in [0.25, 0.3) is 0 Å². The normalized spacial score (nSPS) is 19.0. The highest BCUT2D eigenvalue weighted by molar-refractivity contribution is 7.98. The molecule has 1 aliphatic heterocycles. The zero-order chi connectivity index (χ0) is 19.0. The minimum Gasteiger partial charge on any atom is -0.341 e. The summed E-state index contributed by atoms with van der Waals surface area (Å²) in [7, 11) is 0. The number of likely N-dealkylation sites (N-methyl/N-ethyl adjacent to an activating group) is 1. The molecule has 5 nitrogen and oxygen atoms in total. The van der Waals surface area contributed by atoms with Gasteiger partial charge in [-0.1, -0.05) is 23.9 Å². The van der Waals surface area contributed by atoms with E-state index in [0.717, 1.165) is 49.0 Å². The second-order valence-electron chi connectivity index (χ2n) is 6.99. The van der Waals surface area contributed by atoms with E-state index < -0.39 is 0 Å². The molecular formula is C20H22FN3O2S. The topological polar surface area (TPSA) is 55.2 Å². The summed E-state index contributed by atoms with van der Waals surface area (Å²) in [6.07, 6.45) is 3.22. The van der Waals surface area contributed by atoms with Crippen molar-refractivity contribution in [3.8, 4) is 0 Å². The zero-order valence-electron chi connectivity index (χ0n) is 15.3. The second-order valence-corrected chi connectivity index (χ2v) is 7.93. The minimum atomic E-state index is -0.277. The van der Waals surface area contributed by atoms with Crippen LogP contribution in [0.1, 0.15) is 42.6 Å². The fourth-order valence-corrected chi connectivity index (χ4v) is 4.99. The molecule has 2 heterocycles. The molecule has 1 amide bonds. The molecule has 4 rings (SSSR count). The molecule has 1 aliphatic carbocycles. The maximum Gasteiger partial charge on any atom is 0.277 e. The fourth-order valence-electron chi connectivity index (χ4n) is 3.98. The van der Waals surface area contributed by atoms with E-state index in [1.165, 1.54) is 23.9 Å².